The van der Waals surface area contributed by atoms with Crippen LogP contribution >= 0.6 is 11.6 Å². The van der Waals surface area contributed by atoms with Crippen molar-refractivity contribution in [1.82, 2.24) is 0 Å². The van der Waals surface area contributed by atoms with E-state index in [1.165, 1.54) is 0 Å². The average Bonchev–Trinajstić information content (AvgIpc) is 2.06. The van der Waals surface area contributed by atoms with Crippen molar-refractivity contribution in [2.45, 2.75) is 38.2 Å². The van der Waals surface area contributed by atoms with Crippen LogP contribution in [0.25, 0.3) is 0 Å². The Labute approximate surface area is 86.5 Å². The van der Waals surface area contributed by atoms with E-state index in [9.17, 15) is 14.9 Å². The molecule has 0 saturated heterocycles. The molecular weight excluding hydrogens is 210 g/mol. The molecular formula is C8H12ClNO4. The number of carbonyl (C=O) groups is 1. The van der Waals surface area contributed by atoms with E-state index in [0.717, 1.165) is 19.3 Å². The summed E-state index contributed by atoms with van der Waals surface area (Å²) in [7, 11) is 0. The van der Waals surface area contributed by atoms with Crippen LogP contribution in [-0.2, 0) is 9.63 Å². The smallest absolute Gasteiger partial charge is 0.294 e. The molecule has 0 aromatic carbocycles. The molecule has 0 radical (unpaired) electrons. The lowest BCUT2D eigenvalue weighted by Crippen LogP contribution is -2.30. The normalized spacial score (nSPS) is 26.9. The van der Waals surface area contributed by atoms with Crippen LogP contribution in [-0.4, -0.2) is 16.4 Å². The minimum absolute atomic E-state index is 0.0980. The summed E-state index contributed by atoms with van der Waals surface area (Å²) in [6.07, 6.45) is 3.01. The highest BCUT2D eigenvalue weighted by Gasteiger charge is 2.29. The molecule has 80 valence electrons. The Balaban J connectivity index is 2.49. The molecule has 1 saturated carbocycles. The highest BCUT2D eigenvalue weighted by Crippen LogP contribution is 2.29. The highest BCUT2D eigenvalue weighted by atomic mass is 35.5. The second-order valence-electron chi connectivity index (χ2n) is 3.47. The second-order valence-corrected chi connectivity index (χ2v) is 3.89. The number of hydrogen-bond acceptors (Lipinski definition) is 4. The topological polar surface area (TPSA) is 69.4 Å². The van der Waals surface area contributed by atoms with Crippen molar-refractivity contribution >= 4 is 16.8 Å². The molecule has 0 spiro atoms. The van der Waals surface area contributed by atoms with Gasteiger partial charge in [0.25, 0.3) is 5.09 Å². The van der Waals surface area contributed by atoms with Crippen LogP contribution in [0.1, 0.15) is 32.1 Å². The molecule has 2 atom stereocenters. The van der Waals surface area contributed by atoms with Crippen LogP contribution in [0.2, 0.25) is 0 Å². The third-order valence-electron chi connectivity index (χ3n) is 2.48. The van der Waals surface area contributed by atoms with Gasteiger partial charge in [0.1, 0.15) is 6.10 Å². The van der Waals surface area contributed by atoms with Gasteiger partial charge < -0.3 is 4.84 Å². The van der Waals surface area contributed by atoms with Crippen LogP contribution in [0.3, 0.4) is 0 Å². The Bertz CT molecular complexity index is 209. The van der Waals surface area contributed by atoms with Crippen LogP contribution in [0.4, 0.5) is 0 Å². The summed E-state index contributed by atoms with van der Waals surface area (Å²) in [5.74, 6) is -0.0980. The third kappa shape index (κ3) is 3.49. The van der Waals surface area contributed by atoms with E-state index in [1.807, 2.05) is 0 Å². The molecule has 0 amide bonds. The van der Waals surface area contributed by atoms with Crippen LogP contribution < -0.4 is 0 Å². The standard InChI is InChI=1S/C8H12ClNO4/c9-8(11)5-6-3-1-2-4-7(6)14-10(12)13/h6-7H,1-5H2. The third-order valence-corrected chi connectivity index (χ3v) is 2.64. The van der Waals surface area contributed by atoms with E-state index in [0.29, 0.717) is 6.42 Å². The minimum atomic E-state index is -0.790. The van der Waals surface area contributed by atoms with Gasteiger partial charge in [0.15, 0.2) is 0 Å². The van der Waals surface area contributed by atoms with Crippen molar-refractivity contribution in [2.75, 3.05) is 0 Å². The van der Waals surface area contributed by atoms with Gasteiger partial charge in [-0.05, 0) is 30.4 Å². The summed E-state index contributed by atoms with van der Waals surface area (Å²) in [4.78, 5) is 25.4. The van der Waals surface area contributed by atoms with Gasteiger partial charge >= 0.3 is 0 Å². The molecule has 1 rings (SSSR count). The fourth-order valence-electron chi connectivity index (χ4n) is 1.86. The Morgan fingerprint density at radius 2 is 2.14 bits per heavy atom. The number of carbonyl (C=O) groups excluding carboxylic acids is 1. The van der Waals surface area contributed by atoms with Gasteiger partial charge in [-0.2, -0.15) is 0 Å². The average molecular weight is 222 g/mol. The Hall–Kier alpha value is -0.840. The Kier molecular flexibility index (Phi) is 4.13. The number of rotatable bonds is 4. The zero-order chi connectivity index (χ0) is 10.6. The summed E-state index contributed by atoms with van der Waals surface area (Å²) < 4.78 is 0. The quantitative estimate of drug-likeness (QED) is 0.413. The number of nitrogens with zero attached hydrogens (tertiary/aromatic N) is 1. The van der Waals surface area contributed by atoms with Crippen molar-refractivity contribution in [3.05, 3.63) is 10.1 Å². The molecule has 0 heterocycles. The molecule has 2 unspecified atom stereocenters. The molecule has 0 aromatic rings. The van der Waals surface area contributed by atoms with Gasteiger partial charge in [-0.3, -0.25) is 4.79 Å². The zero-order valence-electron chi connectivity index (χ0n) is 7.65. The van der Waals surface area contributed by atoms with Gasteiger partial charge in [0, 0.05) is 6.42 Å². The Morgan fingerprint density at radius 1 is 1.50 bits per heavy atom. The lowest BCUT2D eigenvalue weighted by atomic mass is 9.85. The maximum atomic E-state index is 10.7. The monoisotopic (exact) mass is 221 g/mol. The first-order valence-corrected chi connectivity index (χ1v) is 4.97. The van der Waals surface area contributed by atoms with Crippen LogP contribution in [0, 0.1) is 16.0 Å². The SMILES string of the molecule is O=C(Cl)CC1CCCCC1O[N+](=O)[O-]. The number of halogens is 1. The van der Waals surface area contributed by atoms with Crippen molar-refractivity contribution < 1.29 is 14.7 Å². The fourth-order valence-corrected chi connectivity index (χ4v) is 2.06. The fraction of sp³-hybridized carbons (Fsp3) is 0.875. The molecule has 0 aliphatic heterocycles. The summed E-state index contributed by atoms with van der Waals surface area (Å²) in [5, 5.41) is 8.92. The molecule has 14 heavy (non-hydrogen) atoms. The van der Waals surface area contributed by atoms with Crippen molar-refractivity contribution in [3.63, 3.8) is 0 Å². The van der Waals surface area contributed by atoms with Gasteiger partial charge in [-0.25, -0.2) is 0 Å². The van der Waals surface area contributed by atoms with Crippen molar-refractivity contribution in [2.24, 2.45) is 5.92 Å². The molecule has 6 heteroatoms. The first kappa shape index (κ1) is 11.2. The van der Waals surface area contributed by atoms with E-state index >= 15 is 0 Å². The van der Waals surface area contributed by atoms with Gasteiger partial charge in [-0.1, -0.05) is 12.8 Å². The van der Waals surface area contributed by atoms with E-state index in [-0.39, 0.29) is 12.3 Å². The molecule has 1 aliphatic rings. The van der Waals surface area contributed by atoms with E-state index < -0.39 is 16.4 Å². The predicted octanol–water partition coefficient (Wildman–Crippen LogP) is 1.91. The van der Waals surface area contributed by atoms with Gasteiger partial charge in [0.05, 0.1) is 0 Å². The molecule has 0 aromatic heterocycles. The molecule has 0 bridgehead atoms. The summed E-state index contributed by atoms with van der Waals surface area (Å²) in [5.41, 5.74) is 0. The molecule has 5 nitrogen and oxygen atoms in total. The molecule has 1 fully saturated rings. The lowest BCUT2D eigenvalue weighted by molar-refractivity contribution is -0.771. The molecule has 1 aliphatic carbocycles. The van der Waals surface area contributed by atoms with Gasteiger partial charge in [0.2, 0.25) is 5.24 Å². The van der Waals surface area contributed by atoms with Crippen LogP contribution in [0.5, 0.6) is 0 Å². The number of hydrogen-bond donors (Lipinski definition) is 0. The van der Waals surface area contributed by atoms with E-state index in [1.54, 1.807) is 0 Å². The summed E-state index contributed by atoms with van der Waals surface area (Å²) >= 11 is 5.25. The van der Waals surface area contributed by atoms with E-state index in [4.69, 9.17) is 11.6 Å². The lowest BCUT2D eigenvalue weighted by Gasteiger charge is -2.28. The van der Waals surface area contributed by atoms with E-state index in [2.05, 4.69) is 4.84 Å². The maximum Gasteiger partial charge on any atom is 0.294 e. The Morgan fingerprint density at radius 3 is 2.71 bits per heavy atom. The predicted molar refractivity (Wildman–Crippen MR) is 49.3 cm³/mol. The molecule has 0 N–H and O–H groups in total. The van der Waals surface area contributed by atoms with Crippen LogP contribution in [0.15, 0.2) is 0 Å². The zero-order valence-corrected chi connectivity index (χ0v) is 8.40. The van der Waals surface area contributed by atoms with Crippen molar-refractivity contribution in [1.29, 1.82) is 0 Å². The van der Waals surface area contributed by atoms with Crippen molar-refractivity contribution in [3.8, 4) is 0 Å². The first-order chi connectivity index (χ1) is 6.59. The first-order valence-electron chi connectivity index (χ1n) is 4.59. The minimum Gasteiger partial charge on any atom is -0.310 e. The van der Waals surface area contributed by atoms with Gasteiger partial charge in [-0.15, -0.1) is 10.1 Å². The maximum absolute atomic E-state index is 10.7. The summed E-state index contributed by atoms with van der Waals surface area (Å²) in [6.45, 7) is 0. The largest absolute Gasteiger partial charge is 0.310 e. The second kappa shape index (κ2) is 5.14. The highest BCUT2D eigenvalue weighted by molar-refractivity contribution is 6.63. The summed E-state index contributed by atoms with van der Waals surface area (Å²) in [6, 6.07) is 0.